The van der Waals surface area contributed by atoms with E-state index in [1.54, 1.807) is 0 Å². The van der Waals surface area contributed by atoms with Crippen LogP contribution in [0.5, 0.6) is 0 Å². The molecule has 0 radical (unpaired) electrons. The third-order valence-corrected chi connectivity index (χ3v) is 11.6. The summed E-state index contributed by atoms with van der Waals surface area (Å²) in [6.45, 7) is 0. The average molecular weight is 768 g/mol. The molecule has 4 heterocycles. The number of hydrogen-bond acceptors (Lipinski definition) is 2. The summed E-state index contributed by atoms with van der Waals surface area (Å²) >= 11 is 0. The summed E-state index contributed by atoms with van der Waals surface area (Å²) in [5, 5.41) is 1.75. The average Bonchev–Trinajstić information content (AvgIpc) is 4.11. The summed E-state index contributed by atoms with van der Waals surface area (Å²) in [4.78, 5) is 29.0. The molecule has 4 aliphatic rings. The number of carbonyl (C=O) groups excluding carboxylic acids is 1. The number of carbonyl (C=O) groups is 1. The molecule has 5 aromatic carbocycles. The Kier molecular flexibility index (Phi) is 8.60. The molecular weight excluding hydrogens is 731 g/mol. The van der Waals surface area contributed by atoms with Crippen LogP contribution in [0.15, 0.2) is 245 Å². The minimum absolute atomic E-state index is 0.0328. The van der Waals surface area contributed by atoms with Gasteiger partial charge in [-0.3, -0.25) is 4.79 Å². The van der Waals surface area contributed by atoms with E-state index < -0.39 is 0 Å². The number of rotatable bonds is 5. The number of nitrogens with zero attached hydrogens (tertiary/aromatic N) is 1. The van der Waals surface area contributed by atoms with Gasteiger partial charge < -0.3 is 9.97 Å². The van der Waals surface area contributed by atoms with Gasteiger partial charge in [-0.15, -0.1) is 0 Å². The highest BCUT2D eigenvalue weighted by Crippen LogP contribution is 2.46. The molecular formula is C56H37N3O. The Bertz CT molecular complexity index is 3260. The van der Waals surface area contributed by atoms with Crippen LogP contribution in [0.2, 0.25) is 0 Å². The zero-order chi connectivity index (χ0) is 40.0. The number of aromatic nitrogens is 2. The largest absolute Gasteiger partial charge is 0.354 e. The van der Waals surface area contributed by atoms with Crippen molar-refractivity contribution < 1.29 is 4.79 Å². The normalized spacial score (nSPS) is 15.9. The summed E-state index contributed by atoms with van der Waals surface area (Å²) in [7, 11) is 0. The fourth-order valence-corrected chi connectivity index (χ4v) is 8.89. The van der Waals surface area contributed by atoms with Gasteiger partial charge in [-0.25, -0.2) is 4.99 Å². The van der Waals surface area contributed by atoms with E-state index in [2.05, 4.69) is 168 Å². The van der Waals surface area contributed by atoms with Crippen molar-refractivity contribution >= 4 is 39.4 Å². The Morgan fingerprint density at radius 2 is 0.867 bits per heavy atom. The first-order valence-electron chi connectivity index (χ1n) is 20.3. The van der Waals surface area contributed by atoms with Crippen molar-refractivity contribution in [3.8, 4) is 0 Å². The fraction of sp³-hybridized carbons (Fsp3) is 0. The van der Waals surface area contributed by atoms with E-state index in [1.807, 2.05) is 54.6 Å². The molecule has 0 fully saturated rings. The van der Waals surface area contributed by atoms with Crippen LogP contribution in [0.25, 0.3) is 27.9 Å². The van der Waals surface area contributed by atoms with E-state index >= 15 is 4.79 Å². The molecule has 4 nitrogen and oxygen atoms in total. The van der Waals surface area contributed by atoms with E-state index in [1.165, 1.54) is 0 Å². The van der Waals surface area contributed by atoms with Gasteiger partial charge in [0.15, 0.2) is 5.78 Å². The van der Waals surface area contributed by atoms with Crippen LogP contribution in [0.3, 0.4) is 0 Å². The Morgan fingerprint density at radius 3 is 1.47 bits per heavy atom. The molecule has 0 saturated carbocycles. The number of benzene rings is 5. The topological polar surface area (TPSA) is 61.0 Å². The Balaban J connectivity index is 1.31. The van der Waals surface area contributed by atoms with E-state index in [4.69, 9.17) is 4.99 Å². The van der Waals surface area contributed by atoms with Crippen LogP contribution >= 0.6 is 0 Å². The van der Waals surface area contributed by atoms with Gasteiger partial charge in [0.2, 0.25) is 0 Å². The highest BCUT2D eigenvalue weighted by Gasteiger charge is 2.38. The van der Waals surface area contributed by atoms with Crippen molar-refractivity contribution in [3.63, 3.8) is 0 Å². The molecule has 2 N–H and O–H groups in total. The standard InChI is InChI=1S/C56H37N3O/c60-56-54-42-28-26-37(36-16-6-1-7-17-36)27-29-43(42)55(56)53(41-24-14-5-15-25-41)49-35-33-47(59-49)51(39-20-10-3-11-21-39)45-31-30-44(57-45)50(38-18-8-2-9-19-38)46-32-34-48(58-46)52(54)40-22-12-4-13-23-40/h1-35,58-59H. The number of allylic oxidation sites excluding steroid dienone is 11. The van der Waals surface area contributed by atoms with Gasteiger partial charge in [0.05, 0.1) is 11.4 Å². The smallest absolute Gasteiger partial charge is 0.195 e. The van der Waals surface area contributed by atoms with Crippen molar-refractivity contribution in [2.75, 3.05) is 0 Å². The zero-order valence-electron chi connectivity index (χ0n) is 32.6. The second-order valence-corrected chi connectivity index (χ2v) is 15.1. The highest BCUT2D eigenvalue weighted by atomic mass is 16.1. The first-order chi connectivity index (χ1) is 29.7. The minimum atomic E-state index is -0.0328. The van der Waals surface area contributed by atoms with Crippen LogP contribution in [-0.2, 0) is 4.79 Å². The van der Waals surface area contributed by atoms with E-state index in [0.29, 0.717) is 11.1 Å². The predicted molar refractivity (Wildman–Crippen MR) is 244 cm³/mol. The van der Waals surface area contributed by atoms with E-state index in [9.17, 15) is 0 Å². The Labute approximate surface area is 348 Å². The van der Waals surface area contributed by atoms with Gasteiger partial charge in [0.25, 0.3) is 0 Å². The Morgan fingerprint density at radius 1 is 0.367 bits per heavy atom. The molecule has 0 atom stereocenters. The molecule has 282 valence electrons. The monoisotopic (exact) mass is 767 g/mol. The maximum atomic E-state index is 15.9. The molecule has 60 heavy (non-hydrogen) atoms. The fourth-order valence-electron chi connectivity index (χ4n) is 8.89. The van der Waals surface area contributed by atoms with Gasteiger partial charge in [-0.2, -0.15) is 0 Å². The minimum Gasteiger partial charge on any atom is -0.354 e. The SMILES string of the molecule is O=C1C2=C3C=CC(c4ccccc4)=CC=C3C1=C(c1ccccc1)c1ccc([nH]1)C(c1ccccc1)=C1C=CC(=N1)C(c1ccccc1)=c1ccc([nH]1)=C2c1ccccc1. The quantitative estimate of drug-likeness (QED) is 0.180. The number of fused-ring (bicyclic) bond motifs is 9. The second kappa shape index (κ2) is 14.7. The van der Waals surface area contributed by atoms with Crippen molar-refractivity contribution in [1.82, 2.24) is 9.97 Å². The number of nitrogens with one attached hydrogen (secondary N) is 2. The lowest BCUT2D eigenvalue weighted by atomic mass is 9.90. The van der Waals surface area contributed by atoms with E-state index in [-0.39, 0.29) is 5.78 Å². The molecule has 2 aliphatic carbocycles. The number of aromatic amines is 2. The first-order valence-corrected chi connectivity index (χ1v) is 20.3. The van der Waals surface area contributed by atoms with Crippen LogP contribution < -0.4 is 10.7 Å². The third-order valence-electron chi connectivity index (χ3n) is 11.6. The first kappa shape index (κ1) is 35.1. The molecule has 2 aromatic heterocycles. The number of H-pyrrole nitrogens is 2. The third kappa shape index (κ3) is 6.02. The molecule has 0 saturated heterocycles. The lowest BCUT2D eigenvalue weighted by Gasteiger charge is -2.14. The van der Waals surface area contributed by atoms with Gasteiger partial charge in [0.1, 0.15) is 0 Å². The van der Waals surface area contributed by atoms with Crippen LogP contribution in [0, 0.1) is 0 Å². The predicted octanol–water partition coefficient (Wildman–Crippen LogP) is 10.5. The highest BCUT2D eigenvalue weighted by molar-refractivity contribution is 6.31. The summed E-state index contributed by atoms with van der Waals surface area (Å²) in [5.74, 6) is -0.0328. The van der Waals surface area contributed by atoms with Crippen molar-refractivity contribution in [3.05, 3.63) is 290 Å². The number of aliphatic imine (C=N–C) groups is 1. The van der Waals surface area contributed by atoms with Gasteiger partial charge >= 0.3 is 0 Å². The molecule has 2 aliphatic heterocycles. The number of ketones is 1. The number of Topliss-reactive ketones (excluding diaryl/α,β-unsaturated/α-hetero) is 1. The molecule has 4 heteroatoms. The summed E-state index contributed by atoms with van der Waals surface area (Å²) in [5.41, 5.74) is 16.2. The maximum absolute atomic E-state index is 15.9. The van der Waals surface area contributed by atoms with Gasteiger partial charge in [0, 0.05) is 55.5 Å². The summed E-state index contributed by atoms with van der Waals surface area (Å²) in [6, 6.07) is 60.2. The Hall–Kier alpha value is -8.08. The van der Waals surface area contributed by atoms with Crippen LogP contribution in [0.4, 0.5) is 0 Å². The zero-order valence-corrected chi connectivity index (χ0v) is 32.6. The second-order valence-electron chi connectivity index (χ2n) is 15.1. The van der Waals surface area contributed by atoms with Crippen molar-refractivity contribution in [1.29, 1.82) is 0 Å². The lowest BCUT2D eigenvalue weighted by Crippen LogP contribution is -2.21. The van der Waals surface area contributed by atoms with Crippen LogP contribution in [-0.4, -0.2) is 21.5 Å². The van der Waals surface area contributed by atoms with Gasteiger partial charge in [-0.1, -0.05) is 176 Å². The molecule has 11 rings (SSSR count). The number of hydrogen-bond donors (Lipinski definition) is 2. The molecule has 0 amide bonds. The maximum Gasteiger partial charge on any atom is 0.195 e. The molecule has 0 spiro atoms. The lowest BCUT2D eigenvalue weighted by molar-refractivity contribution is -0.111. The van der Waals surface area contributed by atoms with Crippen molar-refractivity contribution in [2.24, 2.45) is 4.99 Å². The molecule has 0 unspecified atom stereocenters. The summed E-state index contributed by atoms with van der Waals surface area (Å²) in [6.07, 6.45) is 12.8. The van der Waals surface area contributed by atoms with Crippen molar-refractivity contribution in [2.45, 2.75) is 0 Å². The van der Waals surface area contributed by atoms with Crippen LogP contribution in [0.1, 0.15) is 39.2 Å². The van der Waals surface area contributed by atoms with Gasteiger partial charge in [-0.05, 0) is 81.0 Å². The molecule has 8 bridgehead atoms. The molecule has 7 aromatic rings. The summed E-state index contributed by atoms with van der Waals surface area (Å²) < 4.78 is 0. The van der Waals surface area contributed by atoms with E-state index in [0.717, 1.165) is 100 Å².